The van der Waals surface area contributed by atoms with Gasteiger partial charge in [0.15, 0.2) is 5.78 Å². The lowest BCUT2D eigenvalue weighted by molar-refractivity contribution is 0.101. The molecule has 6 heteroatoms. The van der Waals surface area contributed by atoms with Crippen LogP contribution in [0.25, 0.3) is 0 Å². The highest BCUT2D eigenvalue weighted by Gasteiger charge is 2.11. The molecular weight excluding hydrogens is 252 g/mol. The van der Waals surface area contributed by atoms with Gasteiger partial charge in [-0.05, 0) is 32.0 Å². The van der Waals surface area contributed by atoms with Crippen LogP contribution in [0.5, 0.6) is 0 Å². The number of ketones is 1. The van der Waals surface area contributed by atoms with E-state index in [1.807, 2.05) is 0 Å². The maximum absolute atomic E-state index is 11.3. The van der Waals surface area contributed by atoms with Crippen LogP contribution in [0.2, 0.25) is 0 Å². The molecule has 100 valence electrons. The fraction of sp³-hybridized carbons (Fsp3) is 0.417. The average Bonchev–Trinajstić information content (AvgIpc) is 2.17. The Morgan fingerprint density at radius 2 is 2.06 bits per heavy atom. The maximum atomic E-state index is 11.3. The Morgan fingerprint density at radius 3 is 2.56 bits per heavy atom. The first-order valence-electron chi connectivity index (χ1n) is 5.54. The number of nitrogen functional groups attached to an aromatic ring is 1. The zero-order valence-electron chi connectivity index (χ0n) is 10.7. The molecule has 18 heavy (non-hydrogen) atoms. The zero-order chi connectivity index (χ0) is 13.9. The quantitative estimate of drug-likeness (QED) is 0.622. The Labute approximate surface area is 107 Å². The van der Waals surface area contributed by atoms with E-state index in [-0.39, 0.29) is 17.6 Å². The van der Waals surface area contributed by atoms with E-state index in [4.69, 9.17) is 5.73 Å². The topological polar surface area (TPSA) is 89.3 Å². The molecule has 0 aliphatic heterocycles. The molecule has 1 aromatic carbocycles. The van der Waals surface area contributed by atoms with Crippen molar-refractivity contribution in [2.45, 2.75) is 19.9 Å². The number of sulfone groups is 1. The molecule has 3 N–H and O–H groups in total. The van der Waals surface area contributed by atoms with Gasteiger partial charge >= 0.3 is 0 Å². The number of nitrogens with one attached hydrogen (secondary N) is 1. The van der Waals surface area contributed by atoms with Crippen molar-refractivity contribution < 1.29 is 13.2 Å². The van der Waals surface area contributed by atoms with Gasteiger partial charge in [0.25, 0.3) is 0 Å². The molecule has 0 fully saturated rings. The molecular formula is C12H18N2O3S. The fourth-order valence-electron chi connectivity index (χ4n) is 1.73. The van der Waals surface area contributed by atoms with Crippen LogP contribution in [-0.2, 0) is 9.84 Å². The van der Waals surface area contributed by atoms with Crippen molar-refractivity contribution in [3.63, 3.8) is 0 Å². The Kier molecular flexibility index (Phi) is 4.34. The molecule has 1 unspecified atom stereocenters. The number of carbonyl (C=O) groups is 1. The zero-order valence-corrected chi connectivity index (χ0v) is 11.5. The minimum Gasteiger partial charge on any atom is -0.398 e. The molecule has 0 heterocycles. The Morgan fingerprint density at radius 1 is 1.44 bits per heavy atom. The van der Waals surface area contributed by atoms with Crippen LogP contribution < -0.4 is 11.1 Å². The van der Waals surface area contributed by atoms with Crippen molar-refractivity contribution in [3.8, 4) is 0 Å². The van der Waals surface area contributed by atoms with E-state index in [1.165, 1.54) is 13.2 Å². The smallest absolute Gasteiger partial charge is 0.161 e. The molecule has 5 nitrogen and oxygen atoms in total. The lowest BCUT2D eigenvalue weighted by Crippen LogP contribution is -2.25. The normalized spacial score (nSPS) is 13.1. The van der Waals surface area contributed by atoms with Crippen molar-refractivity contribution in [2.24, 2.45) is 0 Å². The van der Waals surface area contributed by atoms with Crippen LogP contribution in [0, 0.1) is 0 Å². The van der Waals surface area contributed by atoms with Crippen molar-refractivity contribution in [3.05, 3.63) is 23.8 Å². The first-order chi connectivity index (χ1) is 8.19. The third-order valence-electron chi connectivity index (χ3n) is 2.40. The summed E-state index contributed by atoms with van der Waals surface area (Å²) in [7, 11) is -3.03. The predicted octanol–water partition coefficient (Wildman–Crippen LogP) is 1.32. The Hall–Kier alpha value is -1.56. The van der Waals surface area contributed by atoms with Crippen molar-refractivity contribution in [2.75, 3.05) is 23.1 Å². The Bertz CT molecular complexity index is 552. The molecule has 0 radical (unpaired) electrons. The third kappa shape index (κ3) is 4.37. The number of nitrogens with two attached hydrogens (primary N) is 1. The molecule has 0 aliphatic rings. The number of benzene rings is 1. The highest BCUT2D eigenvalue weighted by atomic mass is 32.2. The minimum absolute atomic E-state index is 0.0345. The monoisotopic (exact) mass is 270 g/mol. The van der Waals surface area contributed by atoms with Crippen LogP contribution in [0.15, 0.2) is 18.2 Å². The molecule has 0 spiro atoms. The second-order valence-electron chi connectivity index (χ2n) is 4.50. The SMILES string of the molecule is CC(=O)c1cc(NC(C)CS(C)(=O)=O)ccc1N. The van der Waals surface area contributed by atoms with Gasteiger partial charge in [0.2, 0.25) is 0 Å². The van der Waals surface area contributed by atoms with Crippen LogP contribution in [0.3, 0.4) is 0 Å². The first-order valence-corrected chi connectivity index (χ1v) is 7.60. The summed E-state index contributed by atoms with van der Waals surface area (Å²) >= 11 is 0. The van der Waals surface area contributed by atoms with E-state index < -0.39 is 9.84 Å². The second kappa shape index (κ2) is 5.39. The van der Waals surface area contributed by atoms with Crippen molar-refractivity contribution in [1.29, 1.82) is 0 Å². The number of carbonyl (C=O) groups excluding carboxylic acids is 1. The lowest BCUT2D eigenvalue weighted by Gasteiger charge is -2.15. The third-order valence-corrected chi connectivity index (χ3v) is 3.50. The van der Waals surface area contributed by atoms with Gasteiger partial charge in [-0.15, -0.1) is 0 Å². The van der Waals surface area contributed by atoms with Crippen LogP contribution in [-0.4, -0.2) is 32.3 Å². The number of rotatable bonds is 5. The number of Topliss-reactive ketones (excluding diaryl/α,β-unsaturated/α-hetero) is 1. The largest absolute Gasteiger partial charge is 0.398 e. The number of hydrogen-bond acceptors (Lipinski definition) is 5. The molecule has 0 bridgehead atoms. The van der Waals surface area contributed by atoms with E-state index >= 15 is 0 Å². The molecule has 0 aliphatic carbocycles. The van der Waals surface area contributed by atoms with Crippen LogP contribution in [0.1, 0.15) is 24.2 Å². The van der Waals surface area contributed by atoms with E-state index in [0.29, 0.717) is 16.9 Å². The van der Waals surface area contributed by atoms with Gasteiger partial charge in [-0.2, -0.15) is 0 Å². The van der Waals surface area contributed by atoms with E-state index in [1.54, 1.807) is 25.1 Å². The van der Waals surface area contributed by atoms with E-state index in [9.17, 15) is 13.2 Å². The van der Waals surface area contributed by atoms with Gasteiger partial charge in [-0.25, -0.2) is 8.42 Å². The van der Waals surface area contributed by atoms with Crippen LogP contribution >= 0.6 is 0 Å². The summed E-state index contributed by atoms with van der Waals surface area (Å²) in [6.07, 6.45) is 1.19. The van der Waals surface area contributed by atoms with Crippen molar-refractivity contribution >= 4 is 27.0 Å². The molecule has 0 aromatic heterocycles. The highest BCUT2D eigenvalue weighted by Crippen LogP contribution is 2.19. The van der Waals surface area contributed by atoms with Gasteiger partial charge in [-0.1, -0.05) is 0 Å². The van der Waals surface area contributed by atoms with E-state index in [2.05, 4.69) is 5.32 Å². The molecule has 0 saturated carbocycles. The molecule has 1 rings (SSSR count). The van der Waals surface area contributed by atoms with Gasteiger partial charge in [0.1, 0.15) is 9.84 Å². The average molecular weight is 270 g/mol. The molecule has 1 aromatic rings. The van der Waals surface area contributed by atoms with Crippen molar-refractivity contribution in [1.82, 2.24) is 0 Å². The fourth-order valence-corrected chi connectivity index (χ4v) is 2.72. The summed E-state index contributed by atoms with van der Waals surface area (Å²) < 4.78 is 22.3. The summed E-state index contributed by atoms with van der Waals surface area (Å²) in [4.78, 5) is 11.3. The van der Waals surface area contributed by atoms with Gasteiger partial charge < -0.3 is 11.1 Å². The minimum atomic E-state index is -3.03. The lowest BCUT2D eigenvalue weighted by atomic mass is 10.1. The Balaban J connectivity index is 2.86. The summed E-state index contributed by atoms with van der Waals surface area (Å²) in [5.74, 6) is -0.0841. The highest BCUT2D eigenvalue weighted by molar-refractivity contribution is 7.90. The summed E-state index contributed by atoms with van der Waals surface area (Å²) in [5, 5.41) is 3.03. The number of anilines is 2. The first kappa shape index (κ1) is 14.5. The van der Waals surface area contributed by atoms with Gasteiger partial charge in [0.05, 0.1) is 5.75 Å². The van der Waals surface area contributed by atoms with Gasteiger partial charge in [0, 0.05) is 29.2 Å². The summed E-state index contributed by atoms with van der Waals surface area (Å²) in [6.45, 7) is 3.21. The summed E-state index contributed by atoms with van der Waals surface area (Å²) in [6, 6.07) is 4.76. The van der Waals surface area contributed by atoms with Gasteiger partial charge in [-0.3, -0.25) is 4.79 Å². The van der Waals surface area contributed by atoms with E-state index in [0.717, 1.165) is 0 Å². The maximum Gasteiger partial charge on any atom is 0.161 e. The van der Waals surface area contributed by atoms with Crippen LogP contribution in [0.4, 0.5) is 11.4 Å². The molecule has 1 atom stereocenters. The number of hydrogen-bond donors (Lipinski definition) is 2. The predicted molar refractivity (Wildman–Crippen MR) is 73.7 cm³/mol. The standard InChI is InChI=1S/C12H18N2O3S/c1-8(7-18(3,16)17)14-10-4-5-12(13)11(6-10)9(2)15/h4-6,8,14H,7,13H2,1-3H3. The molecule has 0 amide bonds. The second-order valence-corrected chi connectivity index (χ2v) is 6.68. The molecule has 0 saturated heterocycles. The summed E-state index contributed by atoms with van der Waals surface area (Å²) in [5.41, 5.74) is 7.22.